The summed E-state index contributed by atoms with van der Waals surface area (Å²) in [7, 11) is 0. The van der Waals surface area contributed by atoms with Crippen LogP contribution in [0.5, 0.6) is 0 Å². The Kier molecular flexibility index (Phi) is 6.40. The van der Waals surface area contributed by atoms with Crippen molar-refractivity contribution in [2.75, 3.05) is 18.4 Å². The highest BCUT2D eigenvalue weighted by Gasteiger charge is 2.41. The molecule has 4 rings (SSSR count). The van der Waals surface area contributed by atoms with E-state index in [4.69, 9.17) is 12.2 Å². The minimum atomic E-state index is -1.00. The minimum Gasteiger partial charge on any atom is -0.380 e. The number of hydrogen-bond acceptors (Lipinski definition) is 2. The fraction of sp³-hybridized carbons (Fsp3) is 0.296. The van der Waals surface area contributed by atoms with Crippen LogP contribution in [0.1, 0.15) is 35.1 Å². The molecule has 0 bridgehead atoms. The van der Waals surface area contributed by atoms with Gasteiger partial charge in [0.15, 0.2) is 5.11 Å². The second kappa shape index (κ2) is 9.21. The predicted molar refractivity (Wildman–Crippen MR) is 132 cm³/mol. The van der Waals surface area contributed by atoms with Crippen LogP contribution in [0.2, 0.25) is 0 Å². The zero-order chi connectivity index (χ0) is 21.8. The zero-order valence-corrected chi connectivity index (χ0v) is 19.0. The van der Waals surface area contributed by atoms with E-state index in [-0.39, 0.29) is 5.92 Å². The highest BCUT2D eigenvalue weighted by Crippen LogP contribution is 2.42. The maximum atomic E-state index is 12.0. The third-order valence-corrected chi connectivity index (χ3v) is 7.01. The summed E-state index contributed by atoms with van der Waals surface area (Å²) in [6, 6.07) is 26.4. The number of benzene rings is 3. The molecule has 1 aliphatic rings. The lowest BCUT2D eigenvalue weighted by atomic mass is 9.72. The maximum absolute atomic E-state index is 12.0. The van der Waals surface area contributed by atoms with Crippen molar-refractivity contribution in [2.24, 2.45) is 5.92 Å². The van der Waals surface area contributed by atoms with Crippen LogP contribution in [0.25, 0.3) is 0 Å². The van der Waals surface area contributed by atoms with Crippen LogP contribution in [0, 0.1) is 19.8 Å². The summed E-state index contributed by atoms with van der Waals surface area (Å²) in [5, 5.41) is 16.2. The molecule has 0 aromatic heterocycles. The second-order valence-electron chi connectivity index (χ2n) is 8.44. The van der Waals surface area contributed by atoms with E-state index in [1.54, 1.807) is 0 Å². The molecule has 0 unspecified atom stereocenters. The van der Waals surface area contributed by atoms with Gasteiger partial charge in [-0.2, -0.15) is 0 Å². The Bertz CT molecular complexity index is 988. The predicted octanol–water partition coefficient (Wildman–Crippen LogP) is 5.65. The van der Waals surface area contributed by atoms with Gasteiger partial charge >= 0.3 is 0 Å². The molecule has 2 N–H and O–H groups in total. The average molecular weight is 431 g/mol. The normalized spacial score (nSPS) is 15.0. The van der Waals surface area contributed by atoms with Crippen molar-refractivity contribution < 1.29 is 5.11 Å². The Labute approximate surface area is 190 Å². The molecule has 1 aliphatic heterocycles. The van der Waals surface area contributed by atoms with Crippen molar-refractivity contribution in [2.45, 2.75) is 32.3 Å². The quantitative estimate of drug-likeness (QED) is 0.525. The molecule has 0 atom stereocenters. The lowest BCUT2D eigenvalue weighted by Gasteiger charge is -2.43. The highest BCUT2D eigenvalue weighted by atomic mass is 32.1. The van der Waals surface area contributed by atoms with Crippen molar-refractivity contribution in [3.05, 3.63) is 101 Å². The van der Waals surface area contributed by atoms with Crippen molar-refractivity contribution in [3.8, 4) is 0 Å². The molecule has 4 heteroatoms. The SMILES string of the molecule is Cc1cccc(NC(=S)N2CCC(C(O)(c3ccccc3)c3ccccc3)CC2)c1C. The molecule has 1 fully saturated rings. The summed E-state index contributed by atoms with van der Waals surface area (Å²) in [6.07, 6.45) is 1.74. The first kappa shape index (κ1) is 21.5. The molecule has 3 aromatic carbocycles. The third kappa shape index (κ3) is 4.36. The number of anilines is 1. The van der Waals surface area contributed by atoms with Gasteiger partial charge in [-0.3, -0.25) is 0 Å². The molecule has 0 aliphatic carbocycles. The van der Waals surface area contributed by atoms with Gasteiger partial charge in [-0.15, -0.1) is 0 Å². The number of thiocarbonyl (C=S) groups is 1. The Balaban J connectivity index is 1.51. The summed E-state index contributed by atoms with van der Waals surface area (Å²) in [4.78, 5) is 2.23. The van der Waals surface area contributed by atoms with Gasteiger partial charge in [0.05, 0.1) is 0 Å². The van der Waals surface area contributed by atoms with Crippen molar-refractivity contribution in [1.29, 1.82) is 0 Å². The van der Waals surface area contributed by atoms with E-state index >= 15 is 0 Å². The number of hydrogen-bond donors (Lipinski definition) is 2. The molecule has 1 heterocycles. The van der Waals surface area contributed by atoms with Crippen molar-refractivity contribution in [1.82, 2.24) is 4.90 Å². The van der Waals surface area contributed by atoms with Gasteiger partial charge in [0, 0.05) is 18.8 Å². The fourth-order valence-corrected chi connectivity index (χ4v) is 4.90. The van der Waals surface area contributed by atoms with Gasteiger partial charge in [-0.1, -0.05) is 72.8 Å². The molecule has 0 spiro atoms. The van der Waals surface area contributed by atoms with Crippen LogP contribution in [-0.4, -0.2) is 28.2 Å². The van der Waals surface area contributed by atoms with Gasteiger partial charge in [0.25, 0.3) is 0 Å². The Morgan fingerprint density at radius 1 is 0.871 bits per heavy atom. The summed E-state index contributed by atoms with van der Waals surface area (Å²) >= 11 is 5.73. The van der Waals surface area contributed by atoms with Gasteiger partial charge in [0.2, 0.25) is 0 Å². The standard InChI is InChI=1S/C27H30N2OS/c1-20-10-9-15-25(21(20)2)28-26(31)29-18-16-24(17-19-29)27(30,22-11-5-3-6-12-22)23-13-7-4-8-14-23/h3-15,24,30H,16-19H2,1-2H3,(H,28,31). The maximum Gasteiger partial charge on any atom is 0.173 e. The van der Waals surface area contributed by atoms with Gasteiger partial charge in [-0.25, -0.2) is 0 Å². The van der Waals surface area contributed by atoms with E-state index in [0.29, 0.717) is 0 Å². The largest absolute Gasteiger partial charge is 0.380 e. The molecule has 1 saturated heterocycles. The number of nitrogens with one attached hydrogen (secondary N) is 1. The summed E-state index contributed by atoms with van der Waals surface area (Å²) in [5.74, 6) is 0.122. The van der Waals surface area contributed by atoms with Crippen LogP contribution in [-0.2, 0) is 5.60 Å². The van der Waals surface area contributed by atoms with E-state index in [1.165, 1.54) is 11.1 Å². The molecular formula is C27H30N2OS. The fourth-order valence-electron chi connectivity index (χ4n) is 4.60. The van der Waals surface area contributed by atoms with Gasteiger partial charge < -0.3 is 15.3 Å². The average Bonchev–Trinajstić information content (AvgIpc) is 2.82. The third-order valence-electron chi connectivity index (χ3n) is 6.65. The Hall–Kier alpha value is -2.69. The zero-order valence-electron chi connectivity index (χ0n) is 18.2. The van der Waals surface area contributed by atoms with E-state index in [9.17, 15) is 5.11 Å². The monoisotopic (exact) mass is 430 g/mol. The van der Waals surface area contributed by atoms with Gasteiger partial charge in [-0.05, 0) is 73.1 Å². The first-order chi connectivity index (χ1) is 15.0. The van der Waals surface area contributed by atoms with Crippen LogP contribution >= 0.6 is 12.2 Å². The summed E-state index contributed by atoms with van der Waals surface area (Å²) in [5.41, 5.74) is 4.45. The Morgan fingerprint density at radius 2 is 1.42 bits per heavy atom. The van der Waals surface area contributed by atoms with Crippen molar-refractivity contribution in [3.63, 3.8) is 0 Å². The molecular weight excluding hydrogens is 400 g/mol. The Morgan fingerprint density at radius 3 is 1.97 bits per heavy atom. The first-order valence-electron chi connectivity index (χ1n) is 11.0. The minimum absolute atomic E-state index is 0.122. The molecule has 0 amide bonds. The number of likely N-dealkylation sites (tertiary alicyclic amines) is 1. The van der Waals surface area contributed by atoms with E-state index < -0.39 is 5.60 Å². The number of rotatable bonds is 4. The first-order valence-corrected chi connectivity index (χ1v) is 11.4. The molecule has 3 aromatic rings. The van der Waals surface area contributed by atoms with E-state index in [2.05, 4.69) is 42.3 Å². The second-order valence-corrected chi connectivity index (χ2v) is 8.82. The molecule has 31 heavy (non-hydrogen) atoms. The molecule has 160 valence electrons. The topological polar surface area (TPSA) is 35.5 Å². The highest BCUT2D eigenvalue weighted by molar-refractivity contribution is 7.80. The number of piperidine rings is 1. The van der Waals surface area contributed by atoms with Crippen LogP contribution < -0.4 is 5.32 Å². The van der Waals surface area contributed by atoms with Crippen LogP contribution in [0.3, 0.4) is 0 Å². The number of aryl methyl sites for hydroxylation is 1. The van der Waals surface area contributed by atoms with Gasteiger partial charge in [0.1, 0.15) is 5.60 Å². The number of nitrogens with zero attached hydrogens (tertiary/aromatic N) is 1. The van der Waals surface area contributed by atoms with Crippen molar-refractivity contribution >= 4 is 23.0 Å². The van der Waals surface area contributed by atoms with Crippen LogP contribution in [0.4, 0.5) is 5.69 Å². The molecule has 0 radical (unpaired) electrons. The smallest absolute Gasteiger partial charge is 0.173 e. The summed E-state index contributed by atoms with van der Waals surface area (Å²) < 4.78 is 0. The lowest BCUT2D eigenvalue weighted by molar-refractivity contribution is -0.00631. The molecule has 3 nitrogen and oxygen atoms in total. The molecule has 0 saturated carbocycles. The summed E-state index contributed by atoms with van der Waals surface area (Å²) in [6.45, 7) is 5.88. The van der Waals surface area contributed by atoms with E-state index in [0.717, 1.165) is 47.9 Å². The number of aliphatic hydroxyl groups is 1. The lowest BCUT2D eigenvalue weighted by Crippen LogP contribution is -2.47. The van der Waals surface area contributed by atoms with Crippen LogP contribution in [0.15, 0.2) is 78.9 Å². The van der Waals surface area contributed by atoms with E-state index in [1.807, 2.05) is 60.7 Å².